The number of nitrogens with zero attached hydrogens (tertiary/aromatic N) is 5. The molecule has 0 spiro atoms. The van der Waals surface area contributed by atoms with Crippen molar-refractivity contribution in [2.75, 3.05) is 24.3 Å². The summed E-state index contributed by atoms with van der Waals surface area (Å²) < 4.78 is 5.39. The molecule has 0 aliphatic carbocycles. The van der Waals surface area contributed by atoms with E-state index < -0.39 is 0 Å². The Morgan fingerprint density at radius 3 is 2.76 bits per heavy atom. The lowest BCUT2D eigenvalue weighted by Crippen LogP contribution is -2.17. The van der Waals surface area contributed by atoms with Crippen LogP contribution >= 0.6 is 0 Å². The molecule has 2 N–H and O–H groups in total. The van der Waals surface area contributed by atoms with Gasteiger partial charge in [0.25, 0.3) is 0 Å². The van der Waals surface area contributed by atoms with Gasteiger partial charge in [0.2, 0.25) is 11.9 Å². The molecular formula is C14H16N6O. The molecule has 2 rings (SSSR count). The number of nitrogen functional groups attached to an aromatic ring is 1. The molecule has 1 aromatic heterocycles. The molecule has 7 heteroatoms. The van der Waals surface area contributed by atoms with E-state index in [1.165, 1.54) is 0 Å². The average molecular weight is 284 g/mol. The molecule has 1 heterocycles. The smallest absolute Gasteiger partial charge is 0.323 e. The highest BCUT2D eigenvalue weighted by atomic mass is 16.5. The second-order valence-corrected chi connectivity index (χ2v) is 4.31. The molecule has 0 aliphatic heterocycles. The lowest BCUT2D eigenvalue weighted by molar-refractivity contribution is 0.292. The Bertz CT molecular complexity index is 667. The SMILES string of the molecule is CCCOc1nc(N)nc(N(C)c2ccccc2C#N)n1. The Hall–Kier alpha value is -2.88. The first-order valence-corrected chi connectivity index (χ1v) is 6.53. The third-order valence-electron chi connectivity index (χ3n) is 2.74. The highest BCUT2D eigenvalue weighted by Gasteiger charge is 2.14. The van der Waals surface area contributed by atoms with Gasteiger partial charge >= 0.3 is 6.01 Å². The summed E-state index contributed by atoms with van der Waals surface area (Å²) in [6, 6.07) is 9.49. The van der Waals surface area contributed by atoms with Crippen molar-refractivity contribution in [3.8, 4) is 12.1 Å². The fourth-order valence-corrected chi connectivity index (χ4v) is 1.74. The van der Waals surface area contributed by atoms with Gasteiger partial charge in [-0.05, 0) is 18.6 Å². The summed E-state index contributed by atoms with van der Waals surface area (Å²) >= 11 is 0. The molecule has 0 saturated heterocycles. The summed E-state index contributed by atoms with van der Waals surface area (Å²) in [5.41, 5.74) is 6.89. The van der Waals surface area contributed by atoms with E-state index in [2.05, 4.69) is 21.0 Å². The minimum absolute atomic E-state index is 0.0763. The van der Waals surface area contributed by atoms with E-state index in [-0.39, 0.29) is 12.0 Å². The summed E-state index contributed by atoms with van der Waals surface area (Å²) in [6.45, 7) is 2.49. The molecule has 0 aliphatic rings. The van der Waals surface area contributed by atoms with E-state index >= 15 is 0 Å². The number of hydrogen-bond acceptors (Lipinski definition) is 7. The highest BCUT2D eigenvalue weighted by Crippen LogP contribution is 2.25. The summed E-state index contributed by atoms with van der Waals surface area (Å²) in [5.74, 6) is 0.406. The number of benzene rings is 1. The number of nitrogens with two attached hydrogens (primary N) is 1. The van der Waals surface area contributed by atoms with Crippen LogP contribution in [0.2, 0.25) is 0 Å². The zero-order valence-electron chi connectivity index (χ0n) is 11.9. The van der Waals surface area contributed by atoms with Crippen LogP contribution in [-0.2, 0) is 0 Å². The van der Waals surface area contributed by atoms with Gasteiger partial charge in [0.05, 0.1) is 17.9 Å². The van der Waals surface area contributed by atoms with Crippen LogP contribution in [0.25, 0.3) is 0 Å². The van der Waals surface area contributed by atoms with Gasteiger partial charge in [-0.3, -0.25) is 0 Å². The van der Waals surface area contributed by atoms with Gasteiger partial charge in [-0.25, -0.2) is 0 Å². The van der Waals surface area contributed by atoms with Gasteiger partial charge in [0.1, 0.15) is 6.07 Å². The lowest BCUT2D eigenvalue weighted by Gasteiger charge is -2.18. The maximum Gasteiger partial charge on any atom is 0.323 e. The summed E-state index contributed by atoms with van der Waals surface area (Å²) in [7, 11) is 1.76. The molecule has 7 nitrogen and oxygen atoms in total. The molecule has 0 radical (unpaired) electrons. The number of ether oxygens (including phenoxy) is 1. The molecule has 0 saturated carbocycles. The van der Waals surface area contributed by atoms with Crippen LogP contribution in [0.1, 0.15) is 18.9 Å². The lowest BCUT2D eigenvalue weighted by atomic mass is 10.2. The van der Waals surface area contributed by atoms with Crippen molar-refractivity contribution >= 4 is 17.6 Å². The summed E-state index contributed by atoms with van der Waals surface area (Å²) in [6.07, 6.45) is 0.841. The molecule has 2 aromatic rings. The van der Waals surface area contributed by atoms with E-state index in [9.17, 15) is 0 Å². The quantitative estimate of drug-likeness (QED) is 0.894. The third-order valence-corrected chi connectivity index (χ3v) is 2.74. The van der Waals surface area contributed by atoms with E-state index in [1.807, 2.05) is 19.1 Å². The maximum absolute atomic E-state index is 9.16. The van der Waals surface area contributed by atoms with Crippen LogP contribution in [0.15, 0.2) is 24.3 Å². The Balaban J connectivity index is 2.36. The molecule has 0 bridgehead atoms. The minimum atomic E-state index is 0.0763. The van der Waals surface area contributed by atoms with Crippen molar-refractivity contribution in [3.05, 3.63) is 29.8 Å². The molecule has 0 fully saturated rings. The number of anilines is 3. The van der Waals surface area contributed by atoms with Crippen LogP contribution in [0.5, 0.6) is 6.01 Å². The Morgan fingerprint density at radius 2 is 2.05 bits per heavy atom. The first-order valence-electron chi connectivity index (χ1n) is 6.53. The third kappa shape index (κ3) is 3.36. The number of rotatable bonds is 5. The first-order chi connectivity index (χ1) is 10.2. The molecule has 1 aromatic carbocycles. The normalized spacial score (nSPS) is 9.95. The number of hydrogen-bond donors (Lipinski definition) is 1. The van der Waals surface area contributed by atoms with Crippen LogP contribution in [0.4, 0.5) is 17.6 Å². The monoisotopic (exact) mass is 284 g/mol. The van der Waals surface area contributed by atoms with Crippen molar-refractivity contribution in [1.29, 1.82) is 5.26 Å². The summed E-state index contributed by atoms with van der Waals surface area (Å²) in [5, 5.41) is 9.16. The number of aromatic nitrogens is 3. The predicted molar refractivity (Wildman–Crippen MR) is 79.2 cm³/mol. The molecular weight excluding hydrogens is 268 g/mol. The largest absolute Gasteiger partial charge is 0.463 e. The molecule has 108 valence electrons. The van der Waals surface area contributed by atoms with E-state index in [4.69, 9.17) is 15.7 Å². The Kier molecular flexibility index (Phi) is 4.51. The van der Waals surface area contributed by atoms with Gasteiger partial charge < -0.3 is 15.4 Å². The Labute approximate surface area is 123 Å². The minimum Gasteiger partial charge on any atom is -0.463 e. The van der Waals surface area contributed by atoms with Crippen molar-refractivity contribution in [3.63, 3.8) is 0 Å². The molecule has 0 unspecified atom stereocenters. The second kappa shape index (κ2) is 6.52. The zero-order chi connectivity index (χ0) is 15.2. The zero-order valence-corrected chi connectivity index (χ0v) is 11.9. The topological polar surface area (TPSA) is 101 Å². The number of para-hydroxylation sites is 1. The van der Waals surface area contributed by atoms with Gasteiger partial charge in [0.15, 0.2) is 0 Å². The number of nitriles is 1. The van der Waals surface area contributed by atoms with Gasteiger partial charge in [-0.1, -0.05) is 19.1 Å². The molecule has 0 atom stereocenters. The van der Waals surface area contributed by atoms with Crippen molar-refractivity contribution in [2.24, 2.45) is 0 Å². The van der Waals surface area contributed by atoms with Gasteiger partial charge in [-0.15, -0.1) is 0 Å². The van der Waals surface area contributed by atoms with E-state index in [1.54, 1.807) is 24.1 Å². The standard InChI is InChI=1S/C14H16N6O/c1-3-8-21-14-18-12(16)17-13(19-14)20(2)11-7-5-4-6-10(11)9-15/h4-7H,3,8H2,1-2H3,(H2,16,17,18,19). The van der Waals surface area contributed by atoms with Crippen LogP contribution < -0.4 is 15.4 Å². The van der Waals surface area contributed by atoms with Crippen LogP contribution in [0, 0.1) is 11.3 Å². The van der Waals surface area contributed by atoms with Crippen molar-refractivity contribution in [2.45, 2.75) is 13.3 Å². The average Bonchev–Trinajstić information content (AvgIpc) is 2.51. The van der Waals surface area contributed by atoms with Gasteiger partial charge in [0, 0.05) is 7.05 Å². The fourth-order valence-electron chi connectivity index (χ4n) is 1.74. The van der Waals surface area contributed by atoms with Crippen molar-refractivity contribution in [1.82, 2.24) is 15.0 Å². The van der Waals surface area contributed by atoms with E-state index in [0.29, 0.717) is 23.8 Å². The van der Waals surface area contributed by atoms with Gasteiger partial charge in [-0.2, -0.15) is 20.2 Å². The maximum atomic E-state index is 9.16. The van der Waals surface area contributed by atoms with Crippen molar-refractivity contribution < 1.29 is 4.74 Å². The Morgan fingerprint density at radius 1 is 1.29 bits per heavy atom. The summed E-state index contributed by atoms with van der Waals surface area (Å²) in [4.78, 5) is 13.9. The first kappa shape index (κ1) is 14.5. The van der Waals surface area contributed by atoms with Crippen LogP contribution in [0.3, 0.4) is 0 Å². The molecule has 21 heavy (non-hydrogen) atoms. The van der Waals surface area contributed by atoms with Crippen LogP contribution in [-0.4, -0.2) is 28.6 Å². The predicted octanol–water partition coefficient (Wildman–Crippen LogP) is 1.88. The highest BCUT2D eigenvalue weighted by molar-refractivity contribution is 5.65. The molecule has 0 amide bonds. The second-order valence-electron chi connectivity index (χ2n) is 4.31. The fraction of sp³-hybridized carbons (Fsp3) is 0.286. The van der Waals surface area contributed by atoms with E-state index in [0.717, 1.165) is 6.42 Å².